The minimum atomic E-state index is 0.0451. The van der Waals surface area contributed by atoms with Gasteiger partial charge in [-0.25, -0.2) is 0 Å². The van der Waals surface area contributed by atoms with Crippen LogP contribution in [-0.2, 0) is 0 Å². The predicted molar refractivity (Wildman–Crippen MR) is 69.9 cm³/mol. The van der Waals surface area contributed by atoms with Gasteiger partial charge in [0.15, 0.2) is 0 Å². The van der Waals surface area contributed by atoms with Crippen LogP contribution in [0.15, 0.2) is 24.4 Å². The van der Waals surface area contributed by atoms with E-state index in [1.807, 2.05) is 19.1 Å². The summed E-state index contributed by atoms with van der Waals surface area (Å²) in [6.45, 7) is 6.32. The maximum Gasteiger partial charge on any atom is 0.0501 e. The van der Waals surface area contributed by atoms with Gasteiger partial charge >= 0.3 is 0 Å². The lowest BCUT2D eigenvalue weighted by atomic mass is 10.1. The summed E-state index contributed by atoms with van der Waals surface area (Å²) >= 11 is 6.04. The summed E-state index contributed by atoms with van der Waals surface area (Å²) in [5, 5.41) is 1.97. The lowest BCUT2D eigenvalue weighted by molar-refractivity contribution is 0.618. The first-order chi connectivity index (χ1) is 7.50. The average molecular weight is 237 g/mol. The SMILES string of the molecule is CC(N)c1cn(C(C)C)c2cc(Cl)ccc12. The van der Waals surface area contributed by atoms with E-state index >= 15 is 0 Å². The molecule has 0 amide bonds. The first-order valence-corrected chi connectivity index (χ1v) is 5.94. The second kappa shape index (κ2) is 4.11. The summed E-state index contributed by atoms with van der Waals surface area (Å²) in [7, 11) is 0. The Morgan fingerprint density at radius 1 is 1.25 bits per heavy atom. The number of hydrogen-bond donors (Lipinski definition) is 1. The highest BCUT2D eigenvalue weighted by atomic mass is 35.5. The summed E-state index contributed by atoms with van der Waals surface area (Å²) in [4.78, 5) is 0. The van der Waals surface area contributed by atoms with Gasteiger partial charge in [0.2, 0.25) is 0 Å². The fourth-order valence-corrected chi connectivity index (χ4v) is 2.21. The van der Waals surface area contributed by atoms with Gasteiger partial charge in [0.05, 0.1) is 5.52 Å². The van der Waals surface area contributed by atoms with Crippen LogP contribution in [0.5, 0.6) is 0 Å². The zero-order valence-corrected chi connectivity index (χ0v) is 10.6. The molecule has 16 heavy (non-hydrogen) atoms. The van der Waals surface area contributed by atoms with Crippen molar-refractivity contribution in [2.75, 3.05) is 0 Å². The summed E-state index contributed by atoms with van der Waals surface area (Å²) in [5.74, 6) is 0. The van der Waals surface area contributed by atoms with Crippen molar-refractivity contribution in [3.8, 4) is 0 Å². The van der Waals surface area contributed by atoms with E-state index in [0.717, 1.165) is 10.5 Å². The van der Waals surface area contributed by atoms with Crippen LogP contribution in [-0.4, -0.2) is 4.57 Å². The highest BCUT2D eigenvalue weighted by molar-refractivity contribution is 6.31. The smallest absolute Gasteiger partial charge is 0.0501 e. The number of fused-ring (bicyclic) bond motifs is 1. The minimum Gasteiger partial charge on any atom is -0.345 e. The molecule has 0 aliphatic carbocycles. The fraction of sp³-hybridized carbons (Fsp3) is 0.385. The minimum absolute atomic E-state index is 0.0451. The lowest BCUT2D eigenvalue weighted by Gasteiger charge is -2.08. The van der Waals surface area contributed by atoms with E-state index in [1.54, 1.807) is 0 Å². The molecule has 0 aliphatic rings. The van der Waals surface area contributed by atoms with Gasteiger partial charge in [-0.15, -0.1) is 0 Å². The van der Waals surface area contributed by atoms with Crippen molar-refractivity contribution in [2.45, 2.75) is 32.9 Å². The molecule has 1 heterocycles. The Balaban J connectivity index is 2.76. The third-order valence-electron chi connectivity index (χ3n) is 2.87. The van der Waals surface area contributed by atoms with Crippen molar-refractivity contribution in [1.82, 2.24) is 4.57 Å². The van der Waals surface area contributed by atoms with Crippen molar-refractivity contribution >= 4 is 22.5 Å². The normalized spacial score (nSPS) is 13.6. The molecule has 2 N–H and O–H groups in total. The lowest BCUT2D eigenvalue weighted by Crippen LogP contribution is -2.04. The quantitative estimate of drug-likeness (QED) is 0.843. The molecule has 0 saturated carbocycles. The van der Waals surface area contributed by atoms with Gasteiger partial charge in [0, 0.05) is 28.7 Å². The van der Waals surface area contributed by atoms with Crippen molar-refractivity contribution in [3.05, 3.63) is 35.0 Å². The third-order valence-corrected chi connectivity index (χ3v) is 3.11. The van der Waals surface area contributed by atoms with E-state index in [-0.39, 0.29) is 6.04 Å². The van der Waals surface area contributed by atoms with Crippen molar-refractivity contribution in [3.63, 3.8) is 0 Å². The van der Waals surface area contributed by atoms with Crippen molar-refractivity contribution in [2.24, 2.45) is 5.73 Å². The highest BCUT2D eigenvalue weighted by Gasteiger charge is 2.13. The topological polar surface area (TPSA) is 30.9 Å². The molecule has 0 radical (unpaired) electrons. The monoisotopic (exact) mass is 236 g/mol. The van der Waals surface area contributed by atoms with Crippen LogP contribution in [0.3, 0.4) is 0 Å². The molecule has 1 aromatic carbocycles. The van der Waals surface area contributed by atoms with E-state index in [4.69, 9.17) is 17.3 Å². The van der Waals surface area contributed by atoms with Crippen molar-refractivity contribution in [1.29, 1.82) is 0 Å². The highest BCUT2D eigenvalue weighted by Crippen LogP contribution is 2.29. The first kappa shape index (κ1) is 11.5. The zero-order valence-electron chi connectivity index (χ0n) is 9.87. The number of rotatable bonds is 2. The molecule has 2 nitrogen and oxygen atoms in total. The maximum absolute atomic E-state index is 6.04. The van der Waals surface area contributed by atoms with E-state index in [2.05, 4.69) is 30.7 Å². The maximum atomic E-state index is 6.04. The van der Waals surface area contributed by atoms with Gasteiger partial charge in [0.25, 0.3) is 0 Å². The van der Waals surface area contributed by atoms with Crippen molar-refractivity contribution < 1.29 is 0 Å². The molecular weight excluding hydrogens is 220 g/mol. The Morgan fingerprint density at radius 3 is 2.50 bits per heavy atom. The van der Waals surface area contributed by atoms with Gasteiger partial charge in [-0.1, -0.05) is 17.7 Å². The molecule has 0 spiro atoms. The van der Waals surface area contributed by atoms with Gasteiger partial charge in [0.1, 0.15) is 0 Å². The molecule has 0 aliphatic heterocycles. The van der Waals surface area contributed by atoms with Crippen LogP contribution in [0.25, 0.3) is 10.9 Å². The average Bonchev–Trinajstić information content (AvgIpc) is 2.56. The van der Waals surface area contributed by atoms with Crippen LogP contribution >= 0.6 is 11.6 Å². The number of nitrogens with two attached hydrogens (primary N) is 1. The van der Waals surface area contributed by atoms with E-state index < -0.39 is 0 Å². The van der Waals surface area contributed by atoms with Gasteiger partial charge in [-0.3, -0.25) is 0 Å². The third kappa shape index (κ3) is 1.83. The van der Waals surface area contributed by atoms with E-state index in [0.29, 0.717) is 6.04 Å². The molecule has 0 bridgehead atoms. The first-order valence-electron chi connectivity index (χ1n) is 5.56. The molecule has 2 aromatic rings. The van der Waals surface area contributed by atoms with Crippen LogP contribution < -0.4 is 5.73 Å². The van der Waals surface area contributed by atoms with E-state index in [1.165, 1.54) is 10.9 Å². The molecule has 3 heteroatoms. The number of benzene rings is 1. The number of hydrogen-bond acceptors (Lipinski definition) is 1. The van der Waals surface area contributed by atoms with E-state index in [9.17, 15) is 0 Å². The van der Waals surface area contributed by atoms with Gasteiger partial charge < -0.3 is 10.3 Å². The molecule has 1 aromatic heterocycles. The second-order valence-electron chi connectivity index (χ2n) is 4.54. The zero-order chi connectivity index (χ0) is 11.9. The van der Waals surface area contributed by atoms with Crippen LogP contribution in [0.2, 0.25) is 5.02 Å². The Bertz CT molecular complexity index is 512. The predicted octanol–water partition coefficient (Wildman–Crippen LogP) is 3.90. The number of aromatic nitrogens is 1. The standard InChI is InChI=1S/C13H17ClN2/c1-8(2)16-7-12(9(3)15)11-5-4-10(14)6-13(11)16/h4-9H,15H2,1-3H3. The summed E-state index contributed by atoms with van der Waals surface area (Å²) in [5.41, 5.74) is 8.33. The summed E-state index contributed by atoms with van der Waals surface area (Å²) in [6, 6.07) is 6.43. The second-order valence-corrected chi connectivity index (χ2v) is 4.97. The molecule has 0 fully saturated rings. The Labute approximate surface area is 101 Å². The molecule has 2 rings (SSSR count). The molecule has 0 saturated heterocycles. The molecule has 1 unspecified atom stereocenters. The summed E-state index contributed by atoms with van der Waals surface area (Å²) < 4.78 is 2.22. The Kier molecular flexibility index (Phi) is 2.96. The van der Waals surface area contributed by atoms with Gasteiger partial charge in [-0.2, -0.15) is 0 Å². The Hall–Kier alpha value is -0.990. The molecular formula is C13H17ClN2. The van der Waals surface area contributed by atoms with Gasteiger partial charge in [-0.05, 0) is 38.5 Å². The fourth-order valence-electron chi connectivity index (χ4n) is 2.04. The molecule has 86 valence electrons. The molecule has 1 atom stereocenters. The van der Waals surface area contributed by atoms with Crippen LogP contribution in [0.4, 0.5) is 0 Å². The summed E-state index contributed by atoms with van der Waals surface area (Å²) in [6.07, 6.45) is 2.14. The Morgan fingerprint density at radius 2 is 1.94 bits per heavy atom. The largest absolute Gasteiger partial charge is 0.345 e. The van der Waals surface area contributed by atoms with Crippen LogP contribution in [0, 0.1) is 0 Å². The number of nitrogens with zero attached hydrogens (tertiary/aromatic N) is 1. The van der Waals surface area contributed by atoms with Crippen LogP contribution in [0.1, 0.15) is 38.4 Å². The number of halogens is 1.